The normalized spacial score (nSPS) is 15.5. The van der Waals surface area contributed by atoms with Crippen LogP contribution in [0.15, 0.2) is 93.2 Å². The number of aryl methyl sites for hydroxylation is 2. The Morgan fingerprint density at radius 2 is 0.797 bits per heavy atom. The number of fused-ring (bicyclic) bond motifs is 10. The molecule has 392 valence electrons. The van der Waals surface area contributed by atoms with Crippen molar-refractivity contribution in [3.05, 3.63) is 138 Å². The summed E-state index contributed by atoms with van der Waals surface area (Å²) in [6, 6.07) is 23.4. The standard InChI is InChI=1S/C68H84Br2N2O2/c1-5-9-13-17-21-23-26-30-48-42-52(69)32-34-54(48)56-43-50-36-40-71-64(57(50)44-49(56)31-27-22-18-14-10-6-2)62-63(67(71)74)65-58-47-61-59(45-51(58)37-41-72(65)66(62)73)55-35-33-53(70)46-60(55)68(61,38-28-24-19-15-11-7-3)39-29-25-20-16-12-8-4/h32-37,40-47H,5-31,38-39H2,1-4H3. The molecule has 0 fully saturated rings. The van der Waals surface area contributed by atoms with Crippen LogP contribution >= 0.6 is 31.9 Å². The summed E-state index contributed by atoms with van der Waals surface area (Å²) in [7, 11) is 0. The minimum atomic E-state index is -0.147. The van der Waals surface area contributed by atoms with Gasteiger partial charge in [0.15, 0.2) is 0 Å². The zero-order valence-corrected chi connectivity index (χ0v) is 48.7. The second-order valence-electron chi connectivity index (χ2n) is 22.5. The predicted octanol–water partition coefficient (Wildman–Crippen LogP) is 20.6. The van der Waals surface area contributed by atoms with Crippen LogP contribution < -0.4 is 0 Å². The Morgan fingerprint density at radius 3 is 1.31 bits per heavy atom. The molecule has 0 radical (unpaired) electrons. The van der Waals surface area contributed by atoms with Crippen LogP contribution in [0.5, 0.6) is 0 Å². The number of amides is 2. The van der Waals surface area contributed by atoms with Crippen LogP contribution in [-0.2, 0) is 27.8 Å². The highest BCUT2D eigenvalue weighted by Crippen LogP contribution is 2.58. The average molecular weight is 1120 g/mol. The van der Waals surface area contributed by atoms with Gasteiger partial charge in [0.1, 0.15) is 0 Å². The minimum absolute atomic E-state index is 0.103. The number of carbonyl (C=O) groups excluding carboxylic acids is 2. The third-order valence-electron chi connectivity index (χ3n) is 17.3. The third-order valence-corrected chi connectivity index (χ3v) is 18.3. The average Bonchev–Trinajstić information content (AvgIpc) is 3.97. The lowest BCUT2D eigenvalue weighted by Crippen LogP contribution is -2.28. The number of unbranched alkanes of at least 4 members (excludes halogenated alkanes) is 21. The van der Waals surface area contributed by atoms with Gasteiger partial charge in [0.2, 0.25) is 0 Å². The molecule has 6 heteroatoms. The first kappa shape index (κ1) is 54.5. The summed E-state index contributed by atoms with van der Waals surface area (Å²) in [4.78, 5) is 34.1. The Bertz CT molecular complexity index is 2790. The van der Waals surface area contributed by atoms with Crippen molar-refractivity contribution in [2.75, 3.05) is 0 Å². The molecule has 4 aromatic rings. The molecule has 9 rings (SSSR count). The topological polar surface area (TPSA) is 40.6 Å². The van der Waals surface area contributed by atoms with E-state index in [2.05, 4.69) is 132 Å². The first-order chi connectivity index (χ1) is 36.2. The Labute approximate surface area is 462 Å². The lowest BCUT2D eigenvalue weighted by atomic mass is 9.70. The molecule has 4 nitrogen and oxygen atoms in total. The first-order valence-corrected chi connectivity index (χ1v) is 31.3. The maximum atomic E-state index is 15.2. The monoisotopic (exact) mass is 1120 g/mol. The highest BCUT2D eigenvalue weighted by atomic mass is 79.9. The number of benzene rings is 4. The van der Waals surface area contributed by atoms with E-state index in [9.17, 15) is 0 Å². The Hall–Kier alpha value is -4.26. The fourth-order valence-corrected chi connectivity index (χ4v) is 14.0. The largest absolute Gasteiger partial charge is 0.282 e. The Balaban J connectivity index is 1.12. The second kappa shape index (κ2) is 25.7. The third kappa shape index (κ3) is 11.4. The van der Waals surface area contributed by atoms with Gasteiger partial charge in [-0.2, -0.15) is 0 Å². The van der Waals surface area contributed by atoms with Crippen molar-refractivity contribution < 1.29 is 9.59 Å². The van der Waals surface area contributed by atoms with Gasteiger partial charge in [0.25, 0.3) is 11.8 Å². The van der Waals surface area contributed by atoms with E-state index in [0.717, 1.165) is 74.7 Å². The second-order valence-corrected chi connectivity index (χ2v) is 24.3. The quantitative estimate of drug-likeness (QED) is 0.0488. The molecule has 5 aliphatic rings. The fourth-order valence-electron chi connectivity index (χ4n) is 13.3. The summed E-state index contributed by atoms with van der Waals surface area (Å²) in [6.07, 6.45) is 43.8. The number of carbonyl (C=O) groups is 2. The number of rotatable bonds is 30. The van der Waals surface area contributed by atoms with Crippen molar-refractivity contribution in [3.63, 3.8) is 0 Å². The van der Waals surface area contributed by atoms with Gasteiger partial charge in [0, 0.05) is 37.9 Å². The molecule has 74 heavy (non-hydrogen) atoms. The maximum absolute atomic E-state index is 15.2. The first-order valence-electron chi connectivity index (χ1n) is 29.7. The van der Waals surface area contributed by atoms with E-state index < -0.39 is 0 Å². The van der Waals surface area contributed by atoms with E-state index in [-0.39, 0.29) is 17.2 Å². The van der Waals surface area contributed by atoms with E-state index >= 15 is 9.59 Å². The summed E-state index contributed by atoms with van der Waals surface area (Å²) in [5.41, 5.74) is 17.4. The van der Waals surface area contributed by atoms with Crippen molar-refractivity contribution in [2.45, 2.75) is 219 Å². The molecule has 4 aromatic carbocycles. The summed E-state index contributed by atoms with van der Waals surface area (Å²) in [5.74, 6) is -0.206. The molecule has 0 saturated heterocycles. The molecule has 0 aromatic heterocycles. The van der Waals surface area contributed by atoms with Crippen LogP contribution in [0.3, 0.4) is 0 Å². The maximum Gasteiger partial charge on any atom is 0.265 e. The molecule has 0 N–H and O–H groups in total. The van der Waals surface area contributed by atoms with Gasteiger partial charge in [-0.05, 0) is 155 Å². The van der Waals surface area contributed by atoms with Crippen molar-refractivity contribution >= 4 is 67.2 Å². The van der Waals surface area contributed by atoms with Crippen LogP contribution in [0.2, 0.25) is 0 Å². The minimum Gasteiger partial charge on any atom is -0.282 e. The molecule has 0 spiro atoms. The molecular weight excluding hydrogens is 1040 g/mol. The van der Waals surface area contributed by atoms with Gasteiger partial charge in [-0.3, -0.25) is 19.4 Å². The van der Waals surface area contributed by atoms with Crippen molar-refractivity contribution in [1.29, 1.82) is 0 Å². The van der Waals surface area contributed by atoms with Crippen LogP contribution in [0.4, 0.5) is 0 Å². The molecule has 0 saturated carbocycles. The highest BCUT2D eigenvalue weighted by Gasteiger charge is 2.51. The van der Waals surface area contributed by atoms with E-state index in [1.165, 1.54) is 199 Å². The van der Waals surface area contributed by atoms with E-state index in [1.54, 1.807) is 4.90 Å². The molecule has 0 bridgehead atoms. The summed E-state index contributed by atoms with van der Waals surface area (Å²) < 4.78 is 2.25. The number of hydrogen-bond acceptors (Lipinski definition) is 2. The Kier molecular flexibility index (Phi) is 19.0. The van der Waals surface area contributed by atoms with Gasteiger partial charge >= 0.3 is 0 Å². The van der Waals surface area contributed by atoms with Crippen molar-refractivity contribution in [3.8, 4) is 22.3 Å². The van der Waals surface area contributed by atoms with Crippen molar-refractivity contribution in [1.82, 2.24) is 9.80 Å². The summed E-state index contributed by atoms with van der Waals surface area (Å²) in [5, 5.41) is 0. The van der Waals surface area contributed by atoms with Gasteiger partial charge < -0.3 is 0 Å². The lowest BCUT2D eigenvalue weighted by molar-refractivity contribution is -0.122. The Morgan fingerprint density at radius 1 is 0.392 bits per heavy atom. The van der Waals surface area contributed by atoms with E-state index in [4.69, 9.17) is 0 Å². The van der Waals surface area contributed by atoms with Crippen LogP contribution in [0, 0.1) is 0 Å². The SMILES string of the molecule is CCCCCCCCCc1cc(Br)ccc1-c1cc2c(cc1CCCCCCCC)C1=C3C(=O)N4C=Cc5cc6c(cc5C4=C3C(=O)N1C=C2)C(CCCCCCCC)(CCCCCCCC)c1cc(Br)ccc1-6. The molecule has 0 unspecified atom stereocenters. The van der Waals surface area contributed by atoms with Gasteiger partial charge in [-0.1, -0.05) is 219 Å². The molecule has 4 heterocycles. The zero-order valence-electron chi connectivity index (χ0n) is 45.6. The summed E-state index contributed by atoms with van der Waals surface area (Å²) >= 11 is 7.76. The number of nitrogens with zero attached hydrogens (tertiary/aromatic N) is 2. The molecular formula is C68H84Br2N2O2. The van der Waals surface area contributed by atoms with Gasteiger partial charge in [-0.25, -0.2) is 0 Å². The van der Waals surface area contributed by atoms with E-state index in [0.29, 0.717) is 11.1 Å². The van der Waals surface area contributed by atoms with Crippen LogP contribution in [0.25, 0.3) is 45.8 Å². The molecule has 4 aliphatic heterocycles. The van der Waals surface area contributed by atoms with Gasteiger partial charge in [0.05, 0.1) is 22.5 Å². The number of halogens is 2. The lowest BCUT2D eigenvalue weighted by Gasteiger charge is -2.34. The number of hydrogen-bond donors (Lipinski definition) is 0. The van der Waals surface area contributed by atoms with Crippen LogP contribution in [-0.4, -0.2) is 21.6 Å². The van der Waals surface area contributed by atoms with Gasteiger partial charge in [-0.15, -0.1) is 0 Å². The molecule has 2 amide bonds. The van der Waals surface area contributed by atoms with Crippen molar-refractivity contribution in [2.24, 2.45) is 0 Å². The smallest absolute Gasteiger partial charge is 0.265 e. The fraction of sp³-hybridized carbons (Fsp3) is 0.500. The zero-order chi connectivity index (χ0) is 51.6. The predicted molar refractivity (Wildman–Crippen MR) is 320 cm³/mol. The van der Waals surface area contributed by atoms with Crippen LogP contribution in [0.1, 0.15) is 246 Å². The van der Waals surface area contributed by atoms with E-state index in [1.807, 2.05) is 17.3 Å². The molecule has 0 atom stereocenters. The molecule has 1 aliphatic carbocycles. The highest BCUT2D eigenvalue weighted by molar-refractivity contribution is 9.10. The summed E-state index contributed by atoms with van der Waals surface area (Å²) in [6.45, 7) is 9.16.